The second kappa shape index (κ2) is 5.47. The van der Waals surface area contributed by atoms with Gasteiger partial charge in [-0.05, 0) is 30.3 Å². The highest BCUT2D eigenvalue weighted by molar-refractivity contribution is 6.36. The number of nitrogens with one attached hydrogen (secondary N) is 1. The van der Waals surface area contributed by atoms with E-state index in [1.807, 2.05) is 0 Å². The molecule has 1 amide bonds. The van der Waals surface area contributed by atoms with Crippen molar-refractivity contribution in [2.45, 2.75) is 0 Å². The molecule has 0 fully saturated rings. The van der Waals surface area contributed by atoms with Crippen LogP contribution in [0, 0.1) is 5.82 Å². The van der Waals surface area contributed by atoms with Crippen molar-refractivity contribution in [3.8, 4) is 5.75 Å². The predicted molar refractivity (Wildman–Crippen MR) is 72.5 cm³/mol. The molecule has 2 aromatic rings. The van der Waals surface area contributed by atoms with E-state index in [0.29, 0.717) is 5.02 Å². The number of aromatic hydroxyl groups is 1. The van der Waals surface area contributed by atoms with Gasteiger partial charge in [0.15, 0.2) is 0 Å². The van der Waals surface area contributed by atoms with Crippen LogP contribution in [0.1, 0.15) is 10.4 Å². The van der Waals surface area contributed by atoms with Crippen molar-refractivity contribution in [2.75, 3.05) is 5.32 Å². The fourth-order valence-corrected chi connectivity index (χ4v) is 1.84. The largest absolute Gasteiger partial charge is 0.508 e. The Bertz CT molecular complexity index is 647. The lowest BCUT2D eigenvalue weighted by molar-refractivity contribution is 0.102. The van der Waals surface area contributed by atoms with Gasteiger partial charge < -0.3 is 10.4 Å². The van der Waals surface area contributed by atoms with Gasteiger partial charge in [-0.25, -0.2) is 4.39 Å². The van der Waals surface area contributed by atoms with Gasteiger partial charge in [0.25, 0.3) is 5.91 Å². The Morgan fingerprint density at radius 3 is 2.58 bits per heavy atom. The van der Waals surface area contributed by atoms with E-state index in [2.05, 4.69) is 5.32 Å². The zero-order valence-corrected chi connectivity index (χ0v) is 11.0. The van der Waals surface area contributed by atoms with Gasteiger partial charge in [-0.1, -0.05) is 23.2 Å². The molecule has 0 radical (unpaired) electrons. The van der Waals surface area contributed by atoms with Crippen LogP contribution in [-0.2, 0) is 0 Å². The summed E-state index contributed by atoms with van der Waals surface area (Å²) in [4.78, 5) is 11.9. The van der Waals surface area contributed by atoms with Crippen molar-refractivity contribution in [2.24, 2.45) is 0 Å². The molecule has 0 aliphatic rings. The Hall–Kier alpha value is -1.78. The first-order chi connectivity index (χ1) is 8.97. The molecule has 0 spiro atoms. The molecule has 2 aromatic carbocycles. The molecule has 0 bridgehead atoms. The molecule has 0 saturated heterocycles. The van der Waals surface area contributed by atoms with E-state index >= 15 is 0 Å². The number of phenolic OH excluding ortho intramolecular Hbond substituents is 1. The SMILES string of the molecule is O=C(Nc1ccc(O)cc1F)c1cc(Cl)ccc1Cl. The molecule has 0 heterocycles. The number of hydrogen-bond donors (Lipinski definition) is 2. The van der Waals surface area contributed by atoms with Gasteiger partial charge in [-0.3, -0.25) is 4.79 Å². The number of amides is 1. The summed E-state index contributed by atoms with van der Waals surface area (Å²) in [6.45, 7) is 0. The molecular formula is C13H8Cl2FNO2. The highest BCUT2D eigenvalue weighted by Crippen LogP contribution is 2.24. The quantitative estimate of drug-likeness (QED) is 0.821. The number of carbonyl (C=O) groups is 1. The van der Waals surface area contributed by atoms with Gasteiger partial charge in [-0.15, -0.1) is 0 Å². The van der Waals surface area contributed by atoms with E-state index in [1.54, 1.807) is 6.07 Å². The van der Waals surface area contributed by atoms with Crippen LogP contribution in [0.3, 0.4) is 0 Å². The number of carbonyl (C=O) groups excluding carboxylic acids is 1. The van der Waals surface area contributed by atoms with E-state index in [1.165, 1.54) is 24.3 Å². The maximum atomic E-state index is 13.5. The maximum absolute atomic E-state index is 13.5. The summed E-state index contributed by atoms with van der Waals surface area (Å²) in [6.07, 6.45) is 0. The Balaban J connectivity index is 2.28. The Kier molecular flexibility index (Phi) is 3.93. The third-order valence-corrected chi connectivity index (χ3v) is 2.94. The van der Waals surface area contributed by atoms with Crippen LogP contribution in [0.4, 0.5) is 10.1 Å². The van der Waals surface area contributed by atoms with Crippen molar-refractivity contribution in [1.29, 1.82) is 0 Å². The molecule has 0 saturated carbocycles. The minimum absolute atomic E-state index is 0.0566. The fraction of sp³-hybridized carbons (Fsp3) is 0. The van der Waals surface area contributed by atoms with Crippen LogP contribution in [0.15, 0.2) is 36.4 Å². The summed E-state index contributed by atoms with van der Waals surface area (Å²) in [6, 6.07) is 7.82. The third-order valence-electron chi connectivity index (χ3n) is 2.37. The summed E-state index contributed by atoms with van der Waals surface area (Å²) < 4.78 is 13.5. The van der Waals surface area contributed by atoms with E-state index in [9.17, 15) is 9.18 Å². The first-order valence-corrected chi connectivity index (χ1v) is 5.98. The zero-order chi connectivity index (χ0) is 14.0. The standard InChI is InChI=1S/C13H8Cl2FNO2/c14-7-1-3-10(15)9(5-7)13(19)17-12-4-2-8(18)6-11(12)16/h1-6,18H,(H,17,19). The van der Waals surface area contributed by atoms with E-state index in [0.717, 1.165) is 6.07 Å². The summed E-state index contributed by atoms with van der Waals surface area (Å²) in [7, 11) is 0. The summed E-state index contributed by atoms with van der Waals surface area (Å²) in [5.74, 6) is -1.56. The van der Waals surface area contributed by atoms with Crippen LogP contribution in [0.25, 0.3) is 0 Å². The monoisotopic (exact) mass is 299 g/mol. The first kappa shape index (κ1) is 13.6. The van der Waals surface area contributed by atoms with Gasteiger partial charge in [-0.2, -0.15) is 0 Å². The van der Waals surface area contributed by atoms with Crippen molar-refractivity contribution in [3.63, 3.8) is 0 Å². The van der Waals surface area contributed by atoms with E-state index < -0.39 is 11.7 Å². The number of phenols is 1. The average molecular weight is 300 g/mol. The van der Waals surface area contributed by atoms with Gasteiger partial charge in [0.2, 0.25) is 0 Å². The summed E-state index contributed by atoms with van der Waals surface area (Å²) >= 11 is 11.6. The van der Waals surface area contributed by atoms with Crippen molar-refractivity contribution >= 4 is 34.8 Å². The van der Waals surface area contributed by atoms with Crippen LogP contribution >= 0.6 is 23.2 Å². The summed E-state index contributed by atoms with van der Waals surface area (Å²) in [5.41, 5.74) is 0.0838. The highest BCUT2D eigenvalue weighted by Gasteiger charge is 2.13. The highest BCUT2D eigenvalue weighted by atomic mass is 35.5. The molecule has 2 rings (SSSR count). The zero-order valence-electron chi connectivity index (χ0n) is 9.45. The minimum atomic E-state index is -0.744. The van der Waals surface area contributed by atoms with Gasteiger partial charge in [0, 0.05) is 11.1 Å². The predicted octanol–water partition coefficient (Wildman–Crippen LogP) is 4.09. The molecule has 0 aliphatic carbocycles. The molecule has 98 valence electrons. The summed E-state index contributed by atoms with van der Waals surface area (Å²) in [5, 5.41) is 12.0. The normalized spacial score (nSPS) is 10.3. The van der Waals surface area contributed by atoms with Crippen LogP contribution in [-0.4, -0.2) is 11.0 Å². The van der Waals surface area contributed by atoms with E-state index in [-0.39, 0.29) is 22.0 Å². The topological polar surface area (TPSA) is 49.3 Å². The van der Waals surface area contributed by atoms with Crippen molar-refractivity contribution in [3.05, 3.63) is 57.8 Å². The van der Waals surface area contributed by atoms with E-state index in [4.69, 9.17) is 28.3 Å². The number of anilines is 1. The van der Waals surface area contributed by atoms with Gasteiger partial charge in [0.05, 0.1) is 16.3 Å². The molecule has 0 unspecified atom stereocenters. The molecule has 19 heavy (non-hydrogen) atoms. The fourth-order valence-electron chi connectivity index (χ4n) is 1.47. The number of benzene rings is 2. The molecule has 0 atom stereocenters. The minimum Gasteiger partial charge on any atom is -0.508 e. The lowest BCUT2D eigenvalue weighted by Crippen LogP contribution is -2.13. The molecule has 6 heteroatoms. The van der Waals surface area contributed by atoms with Crippen molar-refractivity contribution < 1.29 is 14.3 Å². The average Bonchev–Trinajstić information content (AvgIpc) is 2.35. The third kappa shape index (κ3) is 3.16. The first-order valence-electron chi connectivity index (χ1n) is 5.22. The Morgan fingerprint density at radius 2 is 1.89 bits per heavy atom. The number of hydrogen-bond acceptors (Lipinski definition) is 2. The van der Waals surface area contributed by atoms with Crippen LogP contribution in [0.2, 0.25) is 10.0 Å². The lowest BCUT2D eigenvalue weighted by Gasteiger charge is -2.08. The smallest absolute Gasteiger partial charge is 0.257 e. The van der Waals surface area contributed by atoms with Crippen LogP contribution in [0.5, 0.6) is 5.75 Å². The van der Waals surface area contributed by atoms with Gasteiger partial charge in [0.1, 0.15) is 11.6 Å². The molecule has 0 aliphatic heterocycles. The Labute approximate surface area is 118 Å². The number of rotatable bonds is 2. The van der Waals surface area contributed by atoms with Crippen molar-refractivity contribution in [1.82, 2.24) is 0 Å². The lowest BCUT2D eigenvalue weighted by atomic mass is 10.2. The molecular weight excluding hydrogens is 292 g/mol. The second-order valence-electron chi connectivity index (χ2n) is 3.74. The Morgan fingerprint density at radius 1 is 1.16 bits per heavy atom. The van der Waals surface area contributed by atoms with Gasteiger partial charge >= 0.3 is 0 Å². The second-order valence-corrected chi connectivity index (χ2v) is 4.59. The maximum Gasteiger partial charge on any atom is 0.257 e. The molecule has 3 nitrogen and oxygen atoms in total. The number of halogens is 3. The molecule has 2 N–H and O–H groups in total. The molecule has 0 aromatic heterocycles. The van der Waals surface area contributed by atoms with Crippen LogP contribution < -0.4 is 5.32 Å².